The number of hydrogen-bond acceptors (Lipinski definition) is 0. The van der Waals surface area contributed by atoms with E-state index in [4.69, 9.17) is 0 Å². The molecular weight excluding hydrogens is 206 g/mol. The number of H-pyrrole nitrogens is 1. The van der Waals surface area contributed by atoms with E-state index in [0.717, 1.165) is 22.5 Å². The Hall–Kier alpha value is -2.28. The van der Waals surface area contributed by atoms with Gasteiger partial charge in [0, 0.05) is 22.5 Å². The lowest BCUT2D eigenvalue weighted by Gasteiger charge is -1.94. The highest BCUT2D eigenvalue weighted by Gasteiger charge is 2.08. The van der Waals surface area contributed by atoms with E-state index in [2.05, 4.69) is 31.3 Å². The molecule has 0 spiro atoms. The van der Waals surface area contributed by atoms with E-state index < -0.39 is 0 Å². The van der Waals surface area contributed by atoms with Gasteiger partial charge in [-0.1, -0.05) is 62.8 Å². The molecular formula is C16H17N. The molecule has 1 rings (SSSR count). The van der Waals surface area contributed by atoms with Crippen LogP contribution in [0.1, 0.15) is 22.5 Å². The number of aromatic nitrogens is 1. The van der Waals surface area contributed by atoms with Crippen LogP contribution in [0.4, 0.5) is 0 Å². The maximum absolute atomic E-state index is 3.84. The molecule has 0 unspecified atom stereocenters. The molecule has 1 heterocycles. The number of allylic oxidation sites excluding steroid dienone is 4. The van der Waals surface area contributed by atoms with Gasteiger partial charge in [-0.3, -0.25) is 0 Å². The summed E-state index contributed by atoms with van der Waals surface area (Å²) < 4.78 is 0. The zero-order chi connectivity index (χ0) is 12.7. The highest BCUT2D eigenvalue weighted by atomic mass is 14.7. The van der Waals surface area contributed by atoms with Crippen LogP contribution in [-0.2, 0) is 0 Å². The zero-order valence-electron chi connectivity index (χ0n) is 9.95. The van der Waals surface area contributed by atoms with Gasteiger partial charge in [0.2, 0.25) is 0 Å². The van der Waals surface area contributed by atoms with Gasteiger partial charge in [-0.05, 0) is 12.2 Å². The van der Waals surface area contributed by atoms with Crippen LogP contribution in [0.25, 0.3) is 24.3 Å². The lowest BCUT2D eigenvalue weighted by molar-refractivity contribution is 1.34. The summed E-state index contributed by atoms with van der Waals surface area (Å²) >= 11 is 0. The van der Waals surface area contributed by atoms with Crippen molar-refractivity contribution in [2.45, 2.75) is 0 Å². The SMILES string of the molecule is C=C/C=C\c1[nH]c(C=C)c(/C=C\C=C)c1C=C. The summed E-state index contributed by atoms with van der Waals surface area (Å²) in [5.74, 6) is 0. The van der Waals surface area contributed by atoms with Crippen LogP contribution in [0.15, 0.2) is 50.6 Å². The largest absolute Gasteiger partial charge is 0.355 e. The summed E-state index contributed by atoms with van der Waals surface area (Å²) in [6, 6.07) is 0. The minimum atomic E-state index is 0.974. The fraction of sp³-hybridized carbons (Fsp3) is 0. The number of nitrogens with one attached hydrogen (secondary N) is 1. The number of rotatable bonds is 6. The Morgan fingerprint density at radius 1 is 0.706 bits per heavy atom. The molecule has 0 bridgehead atoms. The van der Waals surface area contributed by atoms with E-state index >= 15 is 0 Å². The predicted molar refractivity (Wildman–Crippen MR) is 79.4 cm³/mol. The van der Waals surface area contributed by atoms with Gasteiger partial charge < -0.3 is 4.98 Å². The van der Waals surface area contributed by atoms with E-state index in [1.54, 1.807) is 18.2 Å². The van der Waals surface area contributed by atoms with E-state index in [9.17, 15) is 0 Å². The van der Waals surface area contributed by atoms with Crippen molar-refractivity contribution in [1.29, 1.82) is 0 Å². The Morgan fingerprint density at radius 3 is 1.88 bits per heavy atom. The monoisotopic (exact) mass is 223 g/mol. The minimum absolute atomic E-state index is 0.974. The molecule has 17 heavy (non-hydrogen) atoms. The summed E-state index contributed by atoms with van der Waals surface area (Å²) in [4.78, 5) is 3.29. The van der Waals surface area contributed by atoms with Gasteiger partial charge in [-0.15, -0.1) is 0 Å². The molecule has 1 nitrogen and oxygen atoms in total. The van der Waals surface area contributed by atoms with Crippen molar-refractivity contribution in [3.8, 4) is 0 Å². The lowest BCUT2D eigenvalue weighted by atomic mass is 10.1. The van der Waals surface area contributed by atoms with Crippen LogP contribution < -0.4 is 0 Å². The molecule has 0 saturated heterocycles. The second-order valence-corrected chi connectivity index (χ2v) is 3.38. The van der Waals surface area contributed by atoms with Crippen LogP contribution in [0.3, 0.4) is 0 Å². The zero-order valence-corrected chi connectivity index (χ0v) is 9.95. The van der Waals surface area contributed by atoms with Gasteiger partial charge in [0.25, 0.3) is 0 Å². The van der Waals surface area contributed by atoms with Gasteiger partial charge >= 0.3 is 0 Å². The van der Waals surface area contributed by atoms with Gasteiger partial charge in [0.1, 0.15) is 0 Å². The molecule has 0 amide bonds. The van der Waals surface area contributed by atoms with Crippen molar-refractivity contribution >= 4 is 24.3 Å². The van der Waals surface area contributed by atoms with Crippen molar-refractivity contribution in [3.63, 3.8) is 0 Å². The summed E-state index contributed by atoms with van der Waals surface area (Å²) in [5, 5.41) is 0. The Kier molecular flexibility index (Phi) is 4.77. The highest BCUT2D eigenvalue weighted by Crippen LogP contribution is 2.24. The first-order valence-corrected chi connectivity index (χ1v) is 5.37. The molecule has 0 aliphatic heterocycles. The summed E-state index contributed by atoms with van der Waals surface area (Å²) in [7, 11) is 0. The third kappa shape index (κ3) is 2.85. The van der Waals surface area contributed by atoms with E-state index in [0.29, 0.717) is 0 Å². The van der Waals surface area contributed by atoms with Crippen LogP contribution in [0, 0.1) is 0 Å². The molecule has 0 atom stereocenters. The molecule has 1 N–H and O–H groups in total. The predicted octanol–water partition coefficient (Wildman–Crippen LogP) is 4.70. The first kappa shape index (κ1) is 12.8. The fourth-order valence-electron chi connectivity index (χ4n) is 1.59. The highest BCUT2D eigenvalue weighted by molar-refractivity contribution is 5.78. The lowest BCUT2D eigenvalue weighted by Crippen LogP contribution is -1.77. The van der Waals surface area contributed by atoms with Gasteiger partial charge in [0.15, 0.2) is 0 Å². The molecule has 86 valence electrons. The average molecular weight is 223 g/mol. The molecule has 0 fully saturated rings. The Morgan fingerprint density at radius 2 is 1.35 bits per heavy atom. The third-order valence-corrected chi connectivity index (χ3v) is 2.35. The van der Waals surface area contributed by atoms with Crippen LogP contribution >= 0.6 is 0 Å². The molecule has 0 aliphatic rings. The van der Waals surface area contributed by atoms with Crippen LogP contribution in [0.5, 0.6) is 0 Å². The van der Waals surface area contributed by atoms with Crippen molar-refractivity contribution in [3.05, 3.63) is 73.1 Å². The molecule has 1 aromatic heterocycles. The molecule has 0 saturated carbocycles. The number of hydrogen-bond donors (Lipinski definition) is 1. The van der Waals surface area contributed by atoms with E-state index in [-0.39, 0.29) is 0 Å². The van der Waals surface area contributed by atoms with E-state index in [1.807, 2.05) is 30.4 Å². The van der Waals surface area contributed by atoms with Crippen molar-refractivity contribution in [1.82, 2.24) is 4.98 Å². The molecule has 1 heteroatoms. The van der Waals surface area contributed by atoms with Crippen molar-refractivity contribution in [2.75, 3.05) is 0 Å². The first-order valence-electron chi connectivity index (χ1n) is 5.37. The summed E-state index contributed by atoms with van der Waals surface area (Å²) in [6.07, 6.45) is 14.8. The topological polar surface area (TPSA) is 15.8 Å². The maximum atomic E-state index is 3.84. The van der Waals surface area contributed by atoms with Gasteiger partial charge in [-0.2, -0.15) is 0 Å². The van der Waals surface area contributed by atoms with Gasteiger partial charge in [-0.25, -0.2) is 0 Å². The minimum Gasteiger partial charge on any atom is -0.355 e. The third-order valence-electron chi connectivity index (χ3n) is 2.35. The second kappa shape index (κ2) is 6.33. The average Bonchev–Trinajstić information content (AvgIpc) is 2.70. The Balaban J connectivity index is 3.39. The smallest absolute Gasteiger partial charge is 0.0464 e. The molecule has 0 radical (unpaired) electrons. The summed E-state index contributed by atoms with van der Waals surface area (Å²) in [6.45, 7) is 15.0. The quantitative estimate of drug-likeness (QED) is 0.673. The number of aromatic amines is 1. The fourth-order valence-corrected chi connectivity index (χ4v) is 1.59. The maximum Gasteiger partial charge on any atom is 0.0464 e. The normalized spacial score (nSPS) is 10.8. The second-order valence-electron chi connectivity index (χ2n) is 3.38. The van der Waals surface area contributed by atoms with Crippen LogP contribution in [-0.4, -0.2) is 4.98 Å². The first-order chi connectivity index (χ1) is 8.28. The van der Waals surface area contributed by atoms with E-state index in [1.165, 1.54) is 0 Å². The van der Waals surface area contributed by atoms with Crippen LogP contribution in [0.2, 0.25) is 0 Å². The Bertz CT molecular complexity index is 496. The molecule has 0 aliphatic carbocycles. The van der Waals surface area contributed by atoms with Crippen molar-refractivity contribution < 1.29 is 0 Å². The standard InChI is InChI=1S/C16H17N/c1-5-9-11-14-13(7-3)16(12-10-6-2)17-15(14)8-4/h5-12,17H,1-4H2/b11-9-,12-10-. The molecule has 1 aromatic rings. The van der Waals surface area contributed by atoms with Gasteiger partial charge in [0.05, 0.1) is 0 Å². The summed E-state index contributed by atoms with van der Waals surface area (Å²) in [5.41, 5.74) is 4.09. The molecule has 0 aromatic carbocycles. The Labute approximate surface area is 103 Å². The van der Waals surface area contributed by atoms with Crippen molar-refractivity contribution in [2.24, 2.45) is 0 Å².